The smallest absolute Gasteiger partial charge is 0.0581 e. The van der Waals surface area contributed by atoms with Gasteiger partial charge in [0.1, 0.15) is 0 Å². The van der Waals surface area contributed by atoms with Gasteiger partial charge in [0.05, 0.1) is 6.10 Å². The van der Waals surface area contributed by atoms with Gasteiger partial charge in [-0.15, -0.1) is 11.6 Å². The van der Waals surface area contributed by atoms with Crippen molar-refractivity contribution in [1.82, 2.24) is 0 Å². The highest BCUT2D eigenvalue weighted by Crippen LogP contribution is 2.45. The molecule has 0 radical (unpaired) electrons. The topological polar surface area (TPSA) is 9.23 Å². The average molecular weight is 273 g/mol. The normalized spacial score (nSPS) is 37.0. The molecule has 1 unspecified atom stereocenters. The van der Waals surface area contributed by atoms with E-state index in [0.717, 1.165) is 18.4 Å². The van der Waals surface area contributed by atoms with Crippen LogP contribution in [0.1, 0.15) is 71.1 Å². The fourth-order valence-corrected chi connectivity index (χ4v) is 4.13. The second-order valence-electron chi connectivity index (χ2n) is 6.56. The highest BCUT2D eigenvalue weighted by Gasteiger charge is 2.37. The Bertz CT molecular complexity index is 227. The molecule has 1 aliphatic carbocycles. The van der Waals surface area contributed by atoms with Crippen molar-refractivity contribution < 1.29 is 4.74 Å². The van der Waals surface area contributed by atoms with Gasteiger partial charge in [-0.25, -0.2) is 0 Å². The second-order valence-corrected chi connectivity index (χ2v) is 6.83. The van der Waals surface area contributed by atoms with Crippen LogP contribution in [0.4, 0.5) is 0 Å². The molecule has 2 fully saturated rings. The molecule has 1 aliphatic heterocycles. The van der Waals surface area contributed by atoms with E-state index in [-0.39, 0.29) is 0 Å². The zero-order valence-electron chi connectivity index (χ0n) is 11.9. The van der Waals surface area contributed by atoms with E-state index >= 15 is 0 Å². The Hall–Kier alpha value is 0.250. The summed E-state index contributed by atoms with van der Waals surface area (Å²) < 4.78 is 5.82. The molecule has 0 bridgehead atoms. The number of unbranched alkanes of at least 4 members (excludes halogenated alkanes) is 1. The molecule has 0 aromatic rings. The highest BCUT2D eigenvalue weighted by molar-refractivity contribution is 6.18. The van der Waals surface area contributed by atoms with E-state index in [1.807, 2.05) is 0 Å². The fourth-order valence-electron chi connectivity index (χ4n) is 3.75. The van der Waals surface area contributed by atoms with Crippen LogP contribution in [0.3, 0.4) is 0 Å². The van der Waals surface area contributed by atoms with Gasteiger partial charge in [0.2, 0.25) is 0 Å². The molecule has 1 saturated heterocycles. The number of hydrogen-bond donors (Lipinski definition) is 0. The predicted octanol–water partition coefficient (Wildman–Crippen LogP) is 5.16. The Labute approximate surface area is 118 Å². The minimum Gasteiger partial charge on any atom is -0.378 e. The van der Waals surface area contributed by atoms with Crippen molar-refractivity contribution >= 4 is 11.6 Å². The zero-order valence-corrected chi connectivity index (χ0v) is 12.7. The number of alkyl halides is 1. The van der Waals surface area contributed by atoms with E-state index in [4.69, 9.17) is 16.3 Å². The molecule has 1 saturated carbocycles. The summed E-state index contributed by atoms with van der Waals surface area (Å²) in [5, 5.41) is 0. The van der Waals surface area contributed by atoms with Crippen LogP contribution in [0.15, 0.2) is 0 Å². The minimum absolute atomic E-state index is 0.402. The summed E-state index contributed by atoms with van der Waals surface area (Å²) in [6.45, 7) is 3.27. The monoisotopic (exact) mass is 272 g/mol. The third kappa shape index (κ3) is 3.87. The quantitative estimate of drug-likeness (QED) is 0.607. The van der Waals surface area contributed by atoms with Crippen LogP contribution in [0.5, 0.6) is 0 Å². The van der Waals surface area contributed by atoms with Crippen LogP contribution in [-0.4, -0.2) is 18.6 Å². The molecule has 106 valence electrons. The first-order chi connectivity index (χ1) is 8.78. The lowest BCUT2D eigenvalue weighted by Gasteiger charge is -2.40. The van der Waals surface area contributed by atoms with Crippen molar-refractivity contribution in [3.63, 3.8) is 0 Å². The maximum atomic E-state index is 6.31. The molecule has 0 N–H and O–H groups in total. The summed E-state index contributed by atoms with van der Waals surface area (Å²) in [5.41, 5.74) is 0.402. The van der Waals surface area contributed by atoms with E-state index in [0.29, 0.717) is 11.5 Å². The van der Waals surface area contributed by atoms with Gasteiger partial charge in [-0.05, 0) is 56.3 Å². The first kappa shape index (κ1) is 14.7. The molecule has 0 aromatic carbocycles. The highest BCUT2D eigenvalue weighted by atomic mass is 35.5. The fraction of sp³-hybridized carbons (Fsp3) is 1.00. The molecular weight excluding hydrogens is 244 g/mol. The van der Waals surface area contributed by atoms with Crippen molar-refractivity contribution in [2.75, 3.05) is 12.5 Å². The van der Waals surface area contributed by atoms with Crippen LogP contribution in [-0.2, 0) is 4.74 Å². The van der Waals surface area contributed by atoms with E-state index in [2.05, 4.69) is 6.92 Å². The van der Waals surface area contributed by atoms with E-state index in [9.17, 15) is 0 Å². The minimum atomic E-state index is 0.402. The molecule has 2 heteroatoms. The van der Waals surface area contributed by atoms with Crippen molar-refractivity contribution in [2.45, 2.75) is 77.2 Å². The third-order valence-corrected chi connectivity index (χ3v) is 5.67. The molecule has 0 amide bonds. The first-order valence-corrected chi connectivity index (χ1v) is 8.49. The van der Waals surface area contributed by atoms with Gasteiger partial charge in [-0.1, -0.05) is 26.2 Å². The SMILES string of the molecule is CCCCC1CCC(CCl)(CC2CCCO2)CC1. The molecule has 2 rings (SSSR count). The Kier molecular flexibility index (Phi) is 5.82. The Morgan fingerprint density at radius 2 is 2.00 bits per heavy atom. The van der Waals surface area contributed by atoms with E-state index < -0.39 is 0 Å². The second kappa shape index (κ2) is 7.14. The van der Waals surface area contributed by atoms with Crippen LogP contribution < -0.4 is 0 Å². The zero-order chi connectivity index (χ0) is 12.8. The van der Waals surface area contributed by atoms with E-state index in [1.165, 1.54) is 64.2 Å². The number of halogens is 1. The van der Waals surface area contributed by atoms with Gasteiger partial charge in [0.15, 0.2) is 0 Å². The summed E-state index contributed by atoms with van der Waals surface area (Å²) in [4.78, 5) is 0. The first-order valence-electron chi connectivity index (χ1n) is 7.95. The predicted molar refractivity (Wildman–Crippen MR) is 78.2 cm³/mol. The molecule has 2 aliphatic rings. The summed E-state index contributed by atoms with van der Waals surface area (Å²) in [6, 6.07) is 0. The largest absolute Gasteiger partial charge is 0.378 e. The van der Waals surface area contributed by atoms with Gasteiger partial charge in [-0.2, -0.15) is 0 Å². The summed E-state index contributed by atoms with van der Waals surface area (Å²) in [5.74, 6) is 1.82. The van der Waals surface area contributed by atoms with Gasteiger partial charge in [-0.3, -0.25) is 0 Å². The van der Waals surface area contributed by atoms with Crippen molar-refractivity contribution in [3.8, 4) is 0 Å². The van der Waals surface area contributed by atoms with Gasteiger partial charge in [0, 0.05) is 12.5 Å². The third-order valence-electron chi connectivity index (χ3n) is 5.10. The van der Waals surface area contributed by atoms with Crippen LogP contribution >= 0.6 is 11.6 Å². The van der Waals surface area contributed by atoms with Gasteiger partial charge in [0.25, 0.3) is 0 Å². The molecule has 0 aromatic heterocycles. The van der Waals surface area contributed by atoms with Crippen molar-refractivity contribution in [2.24, 2.45) is 11.3 Å². The van der Waals surface area contributed by atoms with Crippen molar-refractivity contribution in [3.05, 3.63) is 0 Å². The molecule has 1 nitrogen and oxygen atoms in total. The van der Waals surface area contributed by atoms with E-state index in [1.54, 1.807) is 0 Å². The van der Waals surface area contributed by atoms with Crippen LogP contribution in [0, 0.1) is 11.3 Å². The molecule has 0 spiro atoms. The lowest BCUT2D eigenvalue weighted by atomic mass is 9.68. The molecule has 1 atom stereocenters. The maximum Gasteiger partial charge on any atom is 0.0581 e. The molecule has 1 heterocycles. The number of hydrogen-bond acceptors (Lipinski definition) is 1. The summed E-state index contributed by atoms with van der Waals surface area (Å²) in [7, 11) is 0. The lowest BCUT2D eigenvalue weighted by molar-refractivity contribution is 0.0445. The Morgan fingerprint density at radius 1 is 1.22 bits per heavy atom. The van der Waals surface area contributed by atoms with Gasteiger partial charge < -0.3 is 4.74 Å². The maximum absolute atomic E-state index is 6.31. The van der Waals surface area contributed by atoms with Crippen LogP contribution in [0.2, 0.25) is 0 Å². The number of rotatable bonds is 6. The molecular formula is C16H29ClO. The lowest BCUT2D eigenvalue weighted by Crippen LogP contribution is -2.33. The Morgan fingerprint density at radius 3 is 2.56 bits per heavy atom. The standard InChI is InChI=1S/C16H29ClO/c1-2-3-5-14-7-9-16(13-17,10-8-14)12-15-6-4-11-18-15/h14-15H,2-13H2,1H3. The summed E-state index contributed by atoms with van der Waals surface area (Å²) in [6.07, 6.45) is 13.9. The van der Waals surface area contributed by atoms with Gasteiger partial charge >= 0.3 is 0 Å². The van der Waals surface area contributed by atoms with Crippen LogP contribution in [0.25, 0.3) is 0 Å². The Balaban J connectivity index is 1.79. The summed E-state index contributed by atoms with van der Waals surface area (Å²) >= 11 is 6.31. The van der Waals surface area contributed by atoms with Crippen molar-refractivity contribution in [1.29, 1.82) is 0 Å². The molecule has 18 heavy (non-hydrogen) atoms. The number of ether oxygens (including phenoxy) is 1. The average Bonchev–Trinajstić information content (AvgIpc) is 2.91.